The Morgan fingerprint density at radius 1 is 1.13 bits per heavy atom. The molecule has 2 fully saturated rings. The van der Waals surface area contributed by atoms with E-state index >= 15 is 0 Å². The summed E-state index contributed by atoms with van der Waals surface area (Å²) >= 11 is 0. The van der Waals surface area contributed by atoms with Crippen LogP contribution in [-0.2, 0) is 17.8 Å². The van der Waals surface area contributed by atoms with Crippen molar-refractivity contribution in [3.8, 4) is 0 Å². The highest BCUT2D eigenvalue weighted by atomic mass is 16.2. The largest absolute Gasteiger partial charge is 0.404 e. The molecule has 158 valence electrons. The standard InChI is InChI=1S/C26H28N4O/c27-15-22(16-28)19-6-8-24-20(13-19)10-11-29(24)17-21-14-23-7-9-25(21)30(23)26(31)12-18-4-2-1-3-5-18/h1-6,8,10-11,13,15-16,21,23,25,27H,7,9,12,14,17,28H2/b22-16+,27-15?. The molecule has 0 radical (unpaired) electrons. The number of amides is 1. The van der Waals surface area contributed by atoms with Gasteiger partial charge in [0, 0.05) is 53.7 Å². The molecule has 3 N–H and O–H groups in total. The van der Waals surface area contributed by atoms with E-state index in [9.17, 15) is 4.79 Å². The molecule has 3 aromatic rings. The minimum Gasteiger partial charge on any atom is -0.404 e. The zero-order valence-corrected chi connectivity index (χ0v) is 17.6. The number of aromatic nitrogens is 1. The van der Waals surface area contributed by atoms with Crippen LogP contribution in [0.2, 0.25) is 0 Å². The minimum atomic E-state index is 0.274. The van der Waals surface area contributed by atoms with Crippen LogP contribution in [0.25, 0.3) is 16.5 Å². The van der Waals surface area contributed by atoms with Gasteiger partial charge in [0.05, 0.1) is 6.42 Å². The highest BCUT2D eigenvalue weighted by Gasteiger charge is 2.48. The number of allylic oxidation sites excluding steroid dienone is 1. The first kappa shape index (κ1) is 19.6. The van der Waals surface area contributed by atoms with Crippen LogP contribution in [0.3, 0.4) is 0 Å². The molecule has 2 aliphatic heterocycles. The predicted octanol–water partition coefficient (Wildman–Crippen LogP) is 4.21. The molecule has 5 rings (SSSR count). The van der Waals surface area contributed by atoms with E-state index in [0.717, 1.165) is 47.9 Å². The fraction of sp³-hybridized carbons (Fsp3) is 0.308. The van der Waals surface area contributed by atoms with E-state index in [1.54, 1.807) is 0 Å². The van der Waals surface area contributed by atoms with Gasteiger partial charge in [-0.1, -0.05) is 36.4 Å². The summed E-state index contributed by atoms with van der Waals surface area (Å²) < 4.78 is 2.32. The molecule has 2 aliphatic rings. The fourth-order valence-electron chi connectivity index (χ4n) is 5.58. The Morgan fingerprint density at radius 3 is 2.74 bits per heavy atom. The number of carbonyl (C=O) groups excluding carboxylic acids is 1. The highest BCUT2D eigenvalue weighted by molar-refractivity contribution is 6.09. The van der Waals surface area contributed by atoms with E-state index in [-0.39, 0.29) is 5.91 Å². The van der Waals surface area contributed by atoms with Crippen molar-refractivity contribution in [1.82, 2.24) is 9.47 Å². The maximum atomic E-state index is 13.1. The summed E-state index contributed by atoms with van der Waals surface area (Å²) in [5.74, 6) is 0.769. The van der Waals surface area contributed by atoms with Crippen molar-refractivity contribution in [2.75, 3.05) is 0 Å². The summed E-state index contributed by atoms with van der Waals surface area (Å²) in [7, 11) is 0. The third-order valence-corrected chi connectivity index (χ3v) is 7.02. The Kier molecular flexibility index (Phi) is 5.10. The highest BCUT2D eigenvalue weighted by Crippen LogP contribution is 2.43. The molecule has 3 heterocycles. The lowest BCUT2D eigenvalue weighted by Gasteiger charge is -2.25. The minimum absolute atomic E-state index is 0.274. The molecule has 1 amide bonds. The summed E-state index contributed by atoms with van der Waals surface area (Å²) in [6, 6.07) is 19.2. The molecule has 2 aromatic carbocycles. The summed E-state index contributed by atoms with van der Waals surface area (Å²) in [6.07, 6.45) is 8.75. The van der Waals surface area contributed by atoms with Gasteiger partial charge in [0.2, 0.25) is 5.91 Å². The molecule has 3 unspecified atom stereocenters. The summed E-state index contributed by atoms with van der Waals surface area (Å²) in [5.41, 5.74) is 9.61. The number of fused-ring (bicyclic) bond motifs is 3. The first-order valence-electron chi connectivity index (χ1n) is 11.0. The van der Waals surface area contributed by atoms with Gasteiger partial charge in [-0.15, -0.1) is 0 Å². The smallest absolute Gasteiger partial charge is 0.227 e. The molecular weight excluding hydrogens is 384 g/mol. The number of carbonyl (C=O) groups is 1. The second-order valence-corrected chi connectivity index (χ2v) is 8.77. The van der Waals surface area contributed by atoms with Crippen molar-refractivity contribution in [1.29, 1.82) is 5.41 Å². The molecule has 2 saturated heterocycles. The Hall–Kier alpha value is -3.34. The van der Waals surface area contributed by atoms with E-state index < -0.39 is 0 Å². The van der Waals surface area contributed by atoms with Gasteiger partial charge in [-0.25, -0.2) is 0 Å². The molecule has 1 aromatic heterocycles. The number of hydrogen-bond acceptors (Lipinski definition) is 3. The number of benzene rings is 2. The molecule has 0 aliphatic carbocycles. The predicted molar refractivity (Wildman–Crippen MR) is 125 cm³/mol. The molecule has 0 spiro atoms. The Labute approximate surface area is 182 Å². The van der Waals surface area contributed by atoms with Gasteiger partial charge in [0.1, 0.15) is 0 Å². The lowest BCUT2D eigenvalue weighted by atomic mass is 9.89. The van der Waals surface area contributed by atoms with Crippen molar-refractivity contribution in [2.24, 2.45) is 11.7 Å². The monoisotopic (exact) mass is 412 g/mol. The maximum absolute atomic E-state index is 13.1. The molecule has 0 saturated carbocycles. The Balaban J connectivity index is 1.32. The molecule has 2 bridgehead atoms. The SMILES string of the molecule is N=C/C(=C\N)c1ccc2c(ccn2CC2CC3CCC2N3C(=O)Cc2ccccc2)c1. The van der Waals surface area contributed by atoms with Gasteiger partial charge in [-0.05, 0) is 54.5 Å². The Bertz CT molecular complexity index is 1150. The van der Waals surface area contributed by atoms with Crippen LogP contribution in [0.4, 0.5) is 0 Å². The van der Waals surface area contributed by atoms with E-state index in [1.165, 1.54) is 17.9 Å². The van der Waals surface area contributed by atoms with Crippen LogP contribution in [0.15, 0.2) is 67.0 Å². The van der Waals surface area contributed by atoms with Crippen LogP contribution in [0, 0.1) is 11.3 Å². The quantitative estimate of drug-likeness (QED) is 0.595. The van der Waals surface area contributed by atoms with Gasteiger partial charge in [0.25, 0.3) is 0 Å². The van der Waals surface area contributed by atoms with Gasteiger partial charge in [-0.2, -0.15) is 0 Å². The van der Waals surface area contributed by atoms with Crippen LogP contribution in [0.1, 0.15) is 30.4 Å². The van der Waals surface area contributed by atoms with Crippen LogP contribution >= 0.6 is 0 Å². The van der Waals surface area contributed by atoms with E-state index in [1.807, 2.05) is 36.4 Å². The van der Waals surface area contributed by atoms with Crippen molar-refractivity contribution in [3.05, 3.63) is 78.1 Å². The van der Waals surface area contributed by atoms with Crippen LogP contribution in [-0.4, -0.2) is 33.7 Å². The molecule has 31 heavy (non-hydrogen) atoms. The van der Waals surface area contributed by atoms with E-state index in [2.05, 4.69) is 33.9 Å². The lowest BCUT2D eigenvalue weighted by Crippen LogP contribution is -2.38. The van der Waals surface area contributed by atoms with Gasteiger partial charge in [-0.3, -0.25) is 4.79 Å². The fourth-order valence-corrected chi connectivity index (χ4v) is 5.58. The van der Waals surface area contributed by atoms with Gasteiger partial charge >= 0.3 is 0 Å². The average molecular weight is 413 g/mol. The van der Waals surface area contributed by atoms with Gasteiger partial charge in [0.15, 0.2) is 0 Å². The van der Waals surface area contributed by atoms with E-state index in [4.69, 9.17) is 11.1 Å². The summed E-state index contributed by atoms with van der Waals surface area (Å²) in [5, 5.41) is 8.67. The second kappa shape index (κ2) is 8.06. The topological polar surface area (TPSA) is 75.1 Å². The zero-order valence-electron chi connectivity index (χ0n) is 17.6. The van der Waals surface area contributed by atoms with Gasteiger partial charge < -0.3 is 20.6 Å². The van der Waals surface area contributed by atoms with Crippen molar-refractivity contribution in [3.63, 3.8) is 0 Å². The number of nitrogens with zero attached hydrogens (tertiary/aromatic N) is 2. The number of rotatable bonds is 6. The molecule has 3 atom stereocenters. The van der Waals surface area contributed by atoms with E-state index in [0.29, 0.717) is 24.4 Å². The third-order valence-electron chi connectivity index (χ3n) is 7.02. The summed E-state index contributed by atoms with van der Waals surface area (Å²) in [6.45, 7) is 0.934. The lowest BCUT2D eigenvalue weighted by molar-refractivity contribution is -0.131. The molecular formula is C26H28N4O. The van der Waals surface area contributed by atoms with Crippen molar-refractivity contribution in [2.45, 2.75) is 44.3 Å². The second-order valence-electron chi connectivity index (χ2n) is 8.77. The average Bonchev–Trinajstić information content (AvgIpc) is 3.48. The maximum Gasteiger partial charge on any atom is 0.227 e. The first-order chi connectivity index (χ1) is 15.2. The van der Waals surface area contributed by atoms with Crippen LogP contribution < -0.4 is 5.73 Å². The number of nitrogens with two attached hydrogens (primary N) is 1. The zero-order chi connectivity index (χ0) is 21.4. The molecule has 5 nitrogen and oxygen atoms in total. The third kappa shape index (κ3) is 3.54. The van der Waals surface area contributed by atoms with Crippen molar-refractivity contribution < 1.29 is 4.79 Å². The number of hydrogen-bond donors (Lipinski definition) is 2. The van der Waals surface area contributed by atoms with Crippen molar-refractivity contribution >= 4 is 28.6 Å². The normalized spacial score (nSPS) is 22.9. The number of nitrogens with one attached hydrogen (secondary N) is 1. The summed E-state index contributed by atoms with van der Waals surface area (Å²) in [4.78, 5) is 15.3. The first-order valence-corrected chi connectivity index (χ1v) is 11.0. The van der Waals surface area contributed by atoms with Crippen LogP contribution in [0.5, 0.6) is 0 Å². The molecule has 5 heteroatoms. The Morgan fingerprint density at radius 2 is 1.97 bits per heavy atom.